The lowest BCUT2D eigenvalue weighted by atomic mass is 9.73. The normalized spacial score (nSPS) is 32.9. The van der Waals surface area contributed by atoms with Gasteiger partial charge in [-0.2, -0.15) is 5.26 Å². The van der Waals surface area contributed by atoms with Crippen LogP contribution < -0.4 is 5.32 Å². The van der Waals surface area contributed by atoms with Gasteiger partial charge in [-0.1, -0.05) is 0 Å². The summed E-state index contributed by atoms with van der Waals surface area (Å²) in [7, 11) is 0. The molecule has 2 aliphatic rings. The molecule has 0 aromatic carbocycles. The predicted molar refractivity (Wildman–Crippen MR) is 59.8 cm³/mol. The van der Waals surface area contributed by atoms with Crippen molar-refractivity contribution in [1.82, 2.24) is 10.2 Å². The number of aliphatic hydroxyl groups is 1. The molecule has 10 heteroatoms. The van der Waals surface area contributed by atoms with Crippen molar-refractivity contribution in [2.75, 3.05) is 0 Å². The number of nitrogens with zero attached hydrogens (tertiary/aromatic N) is 2. The van der Waals surface area contributed by atoms with E-state index in [0.29, 0.717) is 0 Å². The first-order valence-corrected chi connectivity index (χ1v) is 5.78. The Kier molecular flexibility index (Phi) is 3.03. The number of rotatable bonds is 2. The maximum absolute atomic E-state index is 12.1. The summed E-state index contributed by atoms with van der Waals surface area (Å²) in [6.07, 6.45) is -1.76. The van der Waals surface area contributed by atoms with Crippen molar-refractivity contribution in [3.63, 3.8) is 0 Å². The number of aliphatic carboxylic acids is 1. The molecule has 2 aliphatic heterocycles. The summed E-state index contributed by atoms with van der Waals surface area (Å²) in [6, 6.07) is 1.18. The smallest absolute Gasteiger partial charge is 0.344 e. The Hall–Kier alpha value is -2.80. The van der Waals surface area contributed by atoms with Crippen LogP contribution in [0.3, 0.4) is 0 Å². The number of imide groups is 2. The second-order valence-electron chi connectivity index (χ2n) is 4.66. The fourth-order valence-electron chi connectivity index (χ4n) is 2.54. The zero-order chi connectivity index (χ0) is 16.0. The summed E-state index contributed by atoms with van der Waals surface area (Å²) >= 11 is 0. The maximum atomic E-state index is 12.1. The summed E-state index contributed by atoms with van der Waals surface area (Å²) in [6.45, 7) is 0. The fourth-order valence-corrected chi connectivity index (χ4v) is 2.54. The van der Waals surface area contributed by atoms with Gasteiger partial charge in [0.05, 0.1) is 6.42 Å². The van der Waals surface area contributed by atoms with Gasteiger partial charge in [-0.25, -0.2) is 4.79 Å². The SMILES string of the molecule is N#CC1(O)CC(=O)NC(=O)C1(C(=O)O)N1C(=O)CCC1=O. The second-order valence-corrected chi connectivity index (χ2v) is 4.66. The summed E-state index contributed by atoms with van der Waals surface area (Å²) < 4.78 is 0. The molecule has 2 heterocycles. The van der Waals surface area contributed by atoms with E-state index in [1.807, 2.05) is 0 Å². The van der Waals surface area contributed by atoms with Crippen molar-refractivity contribution in [2.45, 2.75) is 30.4 Å². The lowest BCUT2D eigenvalue weighted by molar-refractivity contribution is -0.187. The number of carbonyl (C=O) groups is 5. The number of carbonyl (C=O) groups excluding carboxylic acids is 4. The zero-order valence-electron chi connectivity index (χ0n) is 10.5. The summed E-state index contributed by atoms with van der Waals surface area (Å²) in [5.41, 5.74) is -6.23. The third-order valence-electron chi connectivity index (χ3n) is 3.48. The van der Waals surface area contributed by atoms with Crippen molar-refractivity contribution in [3.8, 4) is 6.07 Å². The van der Waals surface area contributed by atoms with Gasteiger partial charge >= 0.3 is 5.97 Å². The molecule has 2 fully saturated rings. The number of hydrogen-bond donors (Lipinski definition) is 3. The zero-order valence-corrected chi connectivity index (χ0v) is 10.5. The minimum Gasteiger partial charge on any atom is -0.479 e. The largest absolute Gasteiger partial charge is 0.479 e. The number of nitriles is 1. The molecule has 0 aromatic heterocycles. The van der Waals surface area contributed by atoms with E-state index in [1.54, 1.807) is 5.32 Å². The molecule has 3 N–H and O–H groups in total. The Bertz CT molecular complexity index is 620. The molecule has 0 radical (unpaired) electrons. The summed E-state index contributed by atoms with van der Waals surface area (Å²) in [4.78, 5) is 58.6. The van der Waals surface area contributed by atoms with E-state index in [0.717, 1.165) is 0 Å². The van der Waals surface area contributed by atoms with Crippen LogP contribution in [0.5, 0.6) is 0 Å². The van der Waals surface area contributed by atoms with E-state index in [1.165, 1.54) is 6.07 Å². The van der Waals surface area contributed by atoms with Gasteiger partial charge in [-0.3, -0.25) is 29.4 Å². The molecule has 0 spiro atoms. The van der Waals surface area contributed by atoms with Crippen molar-refractivity contribution >= 4 is 29.6 Å². The number of likely N-dealkylation sites (tertiary alicyclic amines) is 1. The highest BCUT2D eigenvalue weighted by Gasteiger charge is 2.72. The first-order chi connectivity index (χ1) is 9.70. The highest BCUT2D eigenvalue weighted by molar-refractivity contribution is 6.22. The van der Waals surface area contributed by atoms with Crippen molar-refractivity contribution in [1.29, 1.82) is 5.26 Å². The van der Waals surface area contributed by atoms with Crippen LogP contribution in [0.25, 0.3) is 0 Å². The van der Waals surface area contributed by atoms with Crippen molar-refractivity contribution < 1.29 is 34.2 Å². The number of hydrogen-bond acceptors (Lipinski definition) is 7. The monoisotopic (exact) mass is 295 g/mol. The topological polar surface area (TPSA) is 165 Å². The van der Waals surface area contributed by atoms with E-state index in [4.69, 9.17) is 5.26 Å². The molecule has 2 atom stereocenters. The molecule has 0 aliphatic carbocycles. The standard InChI is InChI=1S/C11H9N3O7/c12-4-10(21)3-5(15)13-8(18)11(10,9(19)20)14-6(16)1-2-7(14)17/h21H,1-3H2,(H,19,20)(H,13,15,18). The van der Waals surface area contributed by atoms with E-state index in [-0.39, 0.29) is 17.7 Å². The molecule has 110 valence electrons. The van der Waals surface area contributed by atoms with Crippen LogP contribution in [-0.4, -0.2) is 55.9 Å². The molecule has 2 rings (SSSR count). The van der Waals surface area contributed by atoms with Gasteiger partial charge in [0.1, 0.15) is 6.07 Å². The van der Waals surface area contributed by atoms with Gasteiger partial charge in [0, 0.05) is 12.8 Å². The molecule has 21 heavy (non-hydrogen) atoms. The third-order valence-corrected chi connectivity index (χ3v) is 3.48. The average Bonchev–Trinajstić information content (AvgIpc) is 2.70. The lowest BCUT2D eigenvalue weighted by Crippen LogP contribution is -2.79. The molecule has 0 saturated carbocycles. The maximum Gasteiger partial charge on any atom is 0.344 e. The number of carboxylic acids is 1. The molecular weight excluding hydrogens is 286 g/mol. The van der Waals surface area contributed by atoms with Crippen LogP contribution in [0.15, 0.2) is 0 Å². The number of amides is 4. The first kappa shape index (κ1) is 14.6. The van der Waals surface area contributed by atoms with Crippen molar-refractivity contribution in [2.24, 2.45) is 0 Å². The van der Waals surface area contributed by atoms with E-state index >= 15 is 0 Å². The molecular formula is C11H9N3O7. The molecule has 2 saturated heterocycles. The van der Waals surface area contributed by atoms with Gasteiger partial charge < -0.3 is 10.2 Å². The first-order valence-electron chi connectivity index (χ1n) is 5.78. The van der Waals surface area contributed by atoms with E-state index < -0.39 is 47.2 Å². The van der Waals surface area contributed by atoms with Crippen LogP contribution in [0.4, 0.5) is 0 Å². The Morgan fingerprint density at radius 2 is 1.76 bits per heavy atom. The second kappa shape index (κ2) is 4.35. The third kappa shape index (κ3) is 1.64. The highest BCUT2D eigenvalue weighted by Crippen LogP contribution is 2.38. The molecule has 4 amide bonds. The minimum atomic E-state index is -3.18. The number of carboxylic acid groups (broad SMARTS) is 1. The van der Waals surface area contributed by atoms with Crippen molar-refractivity contribution in [3.05, 3.63) is 0 Å². The fraction of sp³-hybridized carbons (Fsp3) is 0.455. The minimum absolute atomic E-state index is 0.0698. The Balaban J connectivity index is 2.75. The predicted octanol–water partition coefficient (Wildman–Crippen LogP) is -2.74. The molecule has 10 nitrogen and oxygen atoms in total. The molecule has 0 aromatic rings. The summed E-state index contributed by atoms with van der Waals surface area (Å²) in [5, 5.41) is 30.3. The number of piperidine rings is 1. The van der Waals surface area contributed by atoms with Crippen LogP contribution in [0, 0.1) is 11.3 Å². The van der Waals surface area contributed by atoms with Gasteiger partial charge in [0.15, 0.2) is 0 Å². The van der Waals surface area contributed by atoms with Gasteiger partial charge in [-0.05, 0) is 0 Å². The van der Waals surface area contributed by atoms with Gasteiger partial charge in [0.25, 0.3) is 11.4 Å². The summed E-state index contributed by atoms with van der Waals surface area (Å²) in [5.74, 6) is -6.78. The number of nitrogens with one attached hydrogen (secondary N) is 1. The van der Waals surface area contributed by atoms with Gasteiger partial charge in [-0.15, -0.1) is 0 Å². The van der Waals surface area contributed by atoms with Crippen LogP contribution >= 0.6 is 0 Å². The van der Waals surface area contributed by atoms with Crippen LogP contribution in [0.1, 0.15) is 19.3 Å². The Morgan fingerprint density at radius 3 is 2.19 bits per heavy atom. The highest BCUT2D eigenvalue weighted by atomic mass is 16.4. The average molecular weight is 295 g/mol. The Labute approximate surface area is 116 Å². The van der Waals surface area contributed by atoms with E-state index in [9.17, 15) is 34.2 Å². The van der Waals surface area contributed by atoms with Crippen LogP contribution in [-0.2, 0) is 24.0 Å². The lowest BCUT2D eigenvalue weighted by Gasteiger charge is -2.44. The Morgan fingerprint density at radius 1 is 1.24 bits per heavy atom. The van der Waals surface area contributed by atoms with E-state index in [2.05, 4.69) is 0 Å². The molecule has 0 bridgehead atoms. The quantitative estimate of drug-likeness (QED) is 0.280. The van der Waals surface area contributed by atoms with Gasteiger partial charge in [0.2, 0.25) is 23.3 Å². The van der Waals surface area contributed by atoms with Crippen LogP contribution in [0.2, 0.25) is 0 Å². The molecule has 2 unspecified atom stereocenters.